The van der Waals surface area contributed by atoms with Crippen molar-refractivity contribution in [2.75, 3.05) is 26.4 Å². The van der Waals surface area contributed by atoms with Crippen LogP contribution in [0, 0.1) is 5.41 Å². The fourth-order valence-corrected chi connectivity index (χ4v) is 3.98. The molecule has 2 aliphatic rings. The van der Waals surface area contributed by atoms with Gasteiger partial charge in [-0.05, 0) is 45.8 Å². The number of benzene rings is 1. The summed E-state index contributed by atoms with van der Waals surface area (Å²) in [5.41, 5.74) is 8.19. The predicted molar refractivity (Wildman–Crippen MR) is 87.9 cm³/mol. The molecule has 1 aromatic rings. The van der Waals surface area contributed by atoms with Crippen molar-refractivity contribution in [3.05, 3.63) is 29.8 Å². The molecule has 2 aliphatic heterocycles. The van der Waals surface area contributed by atoms with E-state index < -0.39 is 0 Å². The fraction of sp³-hybridized carbons (Fsp3) is 0.588. The normalized spacial score (nSPS) is 29.0. The Morgan fingerprint density at radius 1 is 1.29 bits per heavy atom. The topological polar surface area (TPSA) is 56.4 Å². The zero-order valence-corrected chi connectivity index (χ0v) is 13.0. The second kappa shape index (κ2) is 5.78. The van der Waals surface area contributed by atoms with E-state index in [-0.39, 0.29) is 0 Å². The fourth-order valence-electron chi connectivity index (χ4n) is 3.98. The second-order valence-corrected chi connectivity index (χ2v) is 6.66. The van der Waals surface area contributed by atoms with Crippen LogP contribution in [0.25, 0.3) is 0 Å². The SMILES string of the molecule is CN(CC(=N)c1ccccc1N)C1CC2CCC(C1)N2C. The van der Waals surface area contributed by atoms with Gasteiger partial charge in [0, 0.05) is 35.9 Å². The van der Waals surface area contributed by atoms with Gasteiger partial charge in [0.1, 0.15) is 0 Å². The van der Waals surface area contributed by atoms with Gasteiger partial charge < -0.3 is 16.0 Å². The van der Waals surface area contributed by atoms with Crippen molar-refractivity contribution in [3.8, 4) is 0 Å². The lowest BCUT2D eigenvalue weighted by Crippen LogP contribution is -2.48. The molecule has 4 heteroatoms. The lowest BCUT2D eigenvalue weighted by Gasteiger charge is -2.40. The maximum atomic E-state index is 8.34. The third-order valence-electron chi connectivity index (χ3n) is 5.39. The number of hydrogen-bond donors (Lipinski definition) is 2. The molecule has 3 rings (SSSR count). The summed E-state index contributed by atoms with van der Waals surface area (Å²) in [6.45, 7) is 0.683. The summed E-state index contributed by atoms with van der Waals surface area (Å²) in [4.78, 5) is 4.91. The minimum absolute atomic E-state index is 0.601. The number of fused-ring (bicyclic) bond motifs is 2. The summed E-state index contributed by atoms with van der Waals surface area (Å²) in [6.07, 6.45) is 5.16. The smallest absolute Gasteiger partial charge is 0.0547 e. The molecule has 0 aromatic heterocycles. The van der Waals surface area contributed by atoms with Gasteiger partial charge in [0.2, 0.25) is 0 Å². The van der Waals surface area contributed by atoms with Crippen molar-refractivity contribution in [1.29, 1.82) is 5.41 Å². The van der Waals surface area contributed by atoms with E-state index in [4.69, 9.17) is 11.1 Å². The molecule has 1 aromatic carbocycles. The highest BCUT2D eigenvalue weighted by Gasteiger charge is 2.39. The minimum Gasteiger partial charge on any atom is -0.398 e. The van der Waals surface area contributed by atoms with Crippen LogP contribution in [0.2, 0.25) is 0 Å². The van der Waals surface area contributed by atoms with E-state index in [9.17, 15) is 0 Å². The third kappa shape index (κ3) is 2.83. The zero-order valence-electron chi connectivity index (χ0n) is 13.0. The van der Waals surface area contributed by atoms with Crippen molar-refractivity contribution < 1.29 is 0 Å². The summed E-state index contributed by atoms with van der Waals surface area (Å²) >= 11 is 0. The van der Waals surface area contributed by atoms with Gasteiger partial charge in [0.05, 0.1) is 5.71 Å². The first kappa shape index (κ1) is 14.5. The van der Waals surface area contributed by atoms with Crippen molar-refractivity contribution in [2.24, 2.45) is 0 Å². The van der Waals surface area contributed by atoms with Gasteiger partial charge in [0.25, 0.3) is 0 Å². The van der Waals surface area contributed by atoms with Gasteiger partial charge in [-0.3, -0.25) is 4.90 Å². The van der Waals surface area contributed by atoms with Crippen molar-refractivity contribution in [1.82, 2.24) is 9.80 Å². The lowest BCUT2D eigenvalue weighted by molar-refractivity contribution is 0.0986. The quantitative estimate of drug-likeness (QED) is 0.659. The van der Waals surface area contributed by atoms with Crippen LogP contribution >= 0.6 is 0 Å². The van der Waals surface area contributed by atoms with E-state index in [1.165, 1.54) is 25.7 Å². The number of rotatable bonds is 4. The first-order valence-electron chi connectivity index (χ1n) is 7.90. The van der Waals surface area contributed by atoms with Crippen LogP contribution in [0.4, 0.5) is 5.69 Å². The highest BCUT2D eigenvalue weighted by atomic mass is 15.2. The molecule has 3 N–H and O–H groups in total. The van der Waals surface area contributed by atoms with Crippen molar-refractivity contribution >= 4 is 11.4 Å². The van der Waals surface area contributed by atoms with E-state index in [1.807, 2.05) is 24.3 Å². The van der Waals surface area contributed by atoms with E-state index in [0.29, 0.717) is 24.0 Å². The van der Waals surface area contributed by atoms with Crippen LogP contribution in [-0.2, 0) is 0 Å². The third-order valence-corrected chi connectivity index (χ3v) is 5.39. The van der Waals surface area contributed by atoms with Gasteiger partial charge >= 0.3 is 0 Å². The van der Waals surface area contributed by atoms with Crippen LogP contribution in [0.1, 0.15) is 31.2 Å². The second-order valence-electron chi connectivity index (χ2n) is 6.66. The number of nitrogens with zero attached hydrogens (tertiary/aromatic N) is 2. The molecule has 2 heterocycles. The number of nitrogens with one attached hydrogen (secondary N) is 1. The largest absolute Gasteiger partial charge is 0.398 e. The molecule has 2 atom stereocenters. The average molecular weight is 286 g/mol. The first-order valence-corrected chi connectivity index (χ1v) is 7.90. The summed E-state index contributed by atoms with van der Waals surface area (Å²) < 4.78 is 0. The molecule has 2 bridgehead atoms. The number of nitrogens with two attached hydrogens (primary N) is 1. The highest BCUT2D eigenvalue weighted by Crippen LogP contribution is 2.35. The maximum absolute atomic E-state index is 8.34. The Bertz CT molecular complexity index is 513. The van der Waals surface area contributed by atoms with Gasteiger partial charge in [-0.15, -0.1) is 0 Å². The van der Waals surface area contributed by atoms with Crippen LogP contribution in [-0.4, -0.2) is 54.3 Å². The predicted octanol–water partition coefficient (Wildman–Crippen LogP) is 2.19. The number of nitrogen functional groups attached to an aromatic ring is 1. The van der Waals surface area contributed by atoms with E-state index in [1.54, 1.807) is 0 Å². The molecule has 0 spiro atoms. The van der Waals surface area contributed by atoms with Gasteiger partial charge in [-0.2, -0.15) is 0 Å². The first-order chi connectivity index (χ1) is 10.1. The Labute approximate surface area is 127 Å². The van der Waals surface area contributed by atoms with Gasteiger partial charge in [-0.1, -0.05) is 18.2 Å². The molecule has 0 amide bonds. The van der Waals surface area contributed by atoms with E-state index in [2.05, 4.69) is 23.9 Å². The number of hydrogen-bond acceptors (Lipinski definition) is 4. The number of anilines is 1. The highest BCUT2D eigenvalue weighted by molar-refractivity contribution is 6.03. The Balaban J connectivity index is 1.63. The number of piperidine rings is 1. The summed E-state index contributed by atoms with van der Waals surface area (Å²) in [7, 11) is 4.42. The summed E-state index contributed by atoms with van der Waals surface area (Å²) in [5, 5.41) is 8.34. The van der Waals surface area contributed by atoms with Crippen LogP contribution in [0.15, 0.2) is 24.3 Å². The maximum Gasteiger partial charge on any atom is 0.0547 e. The van der Waals surface area contributed by atoms with Gasteiger partial charge in [-0.25, -0.2) is 0 Å². The molecule has 0 aliphatic carbocycles. The molecule has 2 fully saturated rings. The van der Waals surface area contributed by atoms with Crippen molar-refractivity contribution in [3.63, 3.8) is 0 Å². The molecule has 2 unspecified atom stereocenters. The van der Waals surface area contributed by atoms with Crippen LogP contribution in [0.5, 0.6) is 0 Å². The van der Waals surface area contributed by atoms with E-state index >= 15 is 0 Å². The molecule has 0 radical (unpaired) electrons. The van der Waals surface area contributed by atoms with Crippen molar-refractivity contribution in [2.45, 2.75) is 43.8 Å². The standard InChI is InChI=1S/C17H26N4/c1-20(11-17(19)15-5-3-4-6-16(15)18)14-9-12-7-8-13(10-14)21(12)2/h3-6,12-14,19H,7-11,18H2,1-2H3. The Hall–Kier alpha value is -1.39. The molecule has 114 valence electrons. The minimum atomic E-state index is 0.601. The Kier molecular flexibility index (Phi) is 4.00. The number of para-hydroxylation sites is 1. The van der Waals surface area contributed by atoms with Crippen LogP contribution < -0.4 is 5.73 Å². The molecular formula is C17H26N4. The Morgan fingerprint density at radius 3 is 2.52 bits per heavy atom. The Morgan fingerprint density at radius 2 is 1.90 bits per heavy atom. The summed E-state index contributed by atoms with van der Waals surface area (Å²) in [6, 6.07) is 9.78. The molecular weight excluding hydrogens is 260 g/mol. The summed E-state index contributed by atoms with van der Waals surface area (Å²) in [5.74, 6) is 0. The molecule has 4 nitrogen and oxygen atoms in total. The average Bonchev–Trinajstić information content (AvgIpc) is 2.69. The number of likely N-dealkylation sites (N-methyl/N-ethyl adjacent to an activating group) is 1. The van der Waals surface area contributed by atoms with E-state index in [0.717, 1.165) is 17.6 Å². The monoisotopic (exact) mass is 286 g/mol. The molecule has 21 heavy (non-hydrogen) atoms. The van der Waals surface area contributed by atoms with Gasteiger partial charge in [0.15, 0.2) is 0 Å². The van der Waals surface area contributed by atoms with Crippen LogP contribution in [0.3, 0.4) is 0 Å². The zero-order chi connectivity index (χ0) is 15.0. The molecule has 0 saturated carbocycles. The molecule has 2 saturated heterocycles. The lowest BCUT2D eigenvalue weighted by atomic mass is 9.96.